The molecule has 1 N–H and O–H groups in total. The number of carbonyl (C=O) groups is 2. The number of aliphatic carboxylic acids is 1. The van der Waals surface area contributed by atoms with Crippen LogP contribution in [0.5, 0.6) is 5.75 Å². The molecule has 1 unspecified atom stereocenters. The molecule has 0 saturated carbocycles. The molecular formula is C12H13BrO4. The van der Waals surface area contributed by atoms with Gasteiger partial charge in [-0.25, -0.2) is 0 Å². The standard InChI is InChI=1S/C12H13BrO4/c1-3-12(13,11(15)16)10(14)8-4-6-9(17-2)7-5-8/h4-7H,3H2,1-2H3,(H,15,16). The highest BCUT2D eigenvalue weighted by molar-refractivity contribution is 9.10. The molecule has 0 bridgehead atoms. The highest BCUT2D eigenvalue weighted by Crippen LogP contribution is 2.28. The molecule has 5 heteroatoms. The van der Waals surface area contributed by atoms with E-state index >= 15 is 0 Å². The number of benzene rings is 1. The Balaban J connectivity index is 3.06. The van der Waals surface area contributed by atoms with E-state index in [2.05, 4.69) is 15.9 Å². The number of hydrogen-bond donors (Lipinski definition) is 1. The van der Waals surface area contributed by atoms with Gasteiger partial charge < -0.3 is 9.84 Å². The zero-order valence-corrected chi connectivity index (χ0v) is 11.2. The van der Waals surface area contributed by atoms with Crippen LogP contribution in [0.15, 0.2) is 24.3 Å². The maximum Gasteiger partial charge on any atom is 0.328 e. The number of halogens is 1. The van der Waals surface area contributed by atoms with E-state index in [4.69, 9.17) is 9.84 Å². The Morgan fingerprint density at radius 1 is 1.35 bits per heavy atom. The second-order valence-corrected chi connectivity index (χ2v) is 4.87. The van der Waals surface area contributed by atoms with E-state index in [1.54, 1.807) is 31.2 Å². The molecule has 1 aromatic carbocycles. The van der Waals surface area contributed by atoms with Crippen molar-refractivity contribution in [2.75, 3.05) is 7.11 Å². The SMILES string of the molecule is CCC(Br)(C(=O)O)C(=O)c1ccc(OC)cc1. The van der Waals surface area contributed by atoms with E-state index in [0.29, 0.717) is 11.3 Å². The second kappa shape index (κ2) is 5.31. The highest BCUT2D eigenvalue weighted by Gasteiger charge is 2.42. The number of hydrogen-bond acceptors (Lipinski definition) is 3. The van der Waals surface area contributed by atoms with Crippen LogP contribution < -0.4 is 4.74 Å². The fourth-order valence-corrected chi connectivity index (χ4v) is 1.61. The molecule has 0 aliphatic rings. The quantitative estimate of drug-likeness (QED) is 0.515. The summed E-state index contributed by atoms with van der Waals surface area (Å²) in [6.45, 7) is 1.64. The Kier molecular flexibility index (Phi) is 4.28. The summed E-state index contributed by atoms with van der Waals surface area (Å²) in [5.41, 5.74) is 0.340. The number of carboxylic acids is 1. The summed E-state index contributed by atoms with van der Waals surface area (Å²) in [6, 6.07) is 6.35. The van der Waals surface area contributed by atoms with E-state index in [1.165, 1.54) is 7.11 Å². The van der Waals surface area contributed by atoms with Gasteiger partial charge in [-0.15, -0.1) is 0 Å². The number of Topliss-reactive ketones (excluding diaryl/α,β-unsaturated/α-hetero) is 1. The zero-order chi connectivity index (χ0) is 13.1. The summed E-state index contributed by atoms with van der Waals surface area (Å²) >= 11 is 3.01. The molecule has 4 nitrogen and oxygen atoms in total. The Morgan fingerprint density at radius 3 is 2.24 bits per heavy atom. The lowest BCUT2D eigenvalue weighted by Gasteiger charge is -2.19. The van der Waals surface area contributed by atoms with Crippen LogP contribution in [-0.4, -0.2) is 28.3 Å². The van der Waals surface area contributed by atoms with Crippen molar-refractivity contribution in [1.82, 2.24) is 0 Å². The molecule has 0 saturated heterocycles. The fraction of sp³-hybridized carbons (Fsp3) is 0.333. The van der Waals surface area contributed by atoms with Crippen molar-refractivity contribution >= 4 is 27.7 Å². The van der Waals surface area contributed by atoms with Gasteiger partial charge in [-0.05, 0) is 30.7 Å². The minimum absolute atomic E-state index is 0.174. The average Bonchev–Trinajstić information content (AvgIpc) is 2.36. The van der Waals surface area contributed by atoms with E-state index in [9.17, 15) is 9.59 Å². The van der Waals surface area contributed by atoms with Crippen molar-refractivity contribution in [3.63, 3.8) is 0 Å². The summed E-state index contributed by atoms with van der Waals surface area (Å²) < 4.78 is 3.41. The van der Waals surface area contributed by atoms with Crippen molar-refractivity contribution in [2.24, 2.45) is 0 Å². The Labute approximate surface area is 108 Å². The third-order valence-electron chi connectivity index (χ3n) is 2.54. The molecule has 1 aromatic rings. The summed E-state index contributed by atoms with van der Waals surface area (Å²) in [7, 11) is 1.52. The maximum absolute atomic E-state index is 12.1. The van der Waals surface area contributed by atoms with E-state index in [0.717, 1.165) is 0 Å². The smallest absolute Gasteiger partial charge is 0.328 e. The second-order valence-electron chi connectivity index (χ2n) is 3.52. The summed E-state index contributed by atoms with van der Waals surface area (Å²) in [4.78, 5) is 23.2. The number of carboxylic acid groups (broad SMARTS) is 1. The summed E-state index contributed by atoms with van der Waals surface area (Å²) in [5.74, 6) is -1.02. The van der Waals surface area contributed by atoms with Gasteiger partial charge in [0.05, 0.1) is 7.11 Å². The molecule has 0 radical (unpaired) electrons. The van der Waals surface area contributed by atoms with Crippen LogP contribution in [0.3, 0.4) is 0 Å². The van der Waals surface area contributed by atoms with Gasteiger partial charge in [-0.1, -0.05) is 22.9 Å². The molecule has 1 atom stereocenters. The first-order valence-electron chi connectivity index (χ1n) is 5.07. The van der Waals surface area contributed by atoms with Gasteiger partial charge >= 0.3 is 5.97 Å². The van der Waals surface area contributed by atoms with Crippen molar-refractivity contribution in [2.45, 2.75) is 17.7 Å². The maximum atomic E-state index is 12.1. The van der Waals surface area contributed by atoms with Crippen LogP contribution in [0.2, 0.25) is 0 Å². The number of ketones is 1. The van der Waals surface area contributed by atoms with Gasteiger partial charge in [-0.2, -0.15) is 0 Å². The first kappa shape index (κ1) is 13.7. The third-order valence-corrected chi connectivity index (χ3v) is 3.80. The first-order chi connectivity index (χ1) is 7.95. The molecule has 0 aliphatic carbocycles. The molecule has 0 spiro atoms. The van der Waals surface area contributed by atoms with Crippen molar-refractivity contribution in [1.29, 1.82) is 0 Å². The lowest BCUT2D eigenvalue weighted by Crippen LogP contribution is -2.40. The Hall–Kier alpha value is -1.36. The minimum atomic E-state index is -1.55. The van der Waals surface area contributed by atoms with Crippen LogP contribution in [0.4, 0.5) is 0 Å². The van der Waals surface area contributed by atoms with E-state index in [-0.39, 0.29) is 6.42 Å². The van der Waals surface area contributed by atoms with Crippen molar-refractivity contribution in [3.05, 3.63) is 29.8 Å². The van der Waals surface area contributed by atoms with Crippen LogP contribution in [0.25, 0.3) is 0 Å². The first-order valence-corrected chi connectivity index (χ1v) is 5.86. The monoisotopic (exact) mass is 300 g/mol. The normalized spacial score (nSPS) is 13.8. The zero-order valence-electron chi connectivity index (χ0n) is 9.57. The van der Waals surface area contributed by atoms with Crippen molar-refractivity contribution < 1.29 is 19.4 Å². The number of rotatable bonds is 5. The number of carbonyl (C=O) groups excluding carboxylic acids is 1. The largest absolute Gasteiger partial charge is 0.497 e. The van der Waals surface area contributed by atoms with Gasteiger partial charge in [0.25, 0.3) is 0 Å². The average molecular weight is 301 g/mol. The molecule has 92 valence electrons. The van der Waals surface area contributed by atoms with Gasteiger partial charge in [0.2, 0.25) is 0 Å². The molecular weight excluding hydrogens is 288 g/mol. The Bertz CT molecular complexity index is 427. The highest BCUT2D eigenvalue weighted by atomic mass is 79.9. The number of ether oxygens (including phenoxy) is 1. The van der Waals surface area contributed by atoms with Crippen molar-refractivity contribution in [3.8, 4) is 5.75 Å². The molecule has 1 rings (SSSR count). The molecule has 17 heavy (non-hydrogen) atoms. The fourth-order valence-electron chi connectivity index (χ4n) is 1.38. The number of methoxy groups -OCH3 is 1. The lowest BCUT2D eigenvalue weighted by atomic mass is 9.95. The predicted octanol–water partition coefficient (Wildman–Crippen LogP) is 2.51. The topological polar surface area (TPSA) is 63.6 Å². The van der Waals surface area contributed by atoms with Gasteiger partial charge in [-0.3, -0.25) is 9.59 Å². The minimum Gasteiger partial charge on any atom is -0.497 e. The Morgan fingerprint density at radius 2 is 1.88 bits per heavy atom. The van der Waals surface area contributed by atoms with Gasteiger partial charge in [0.1, 0.15) is 5.75 Å². The van der Waals surface area contributed by atoms with E-state index in [1.807, 2.05) is 0 Å². The molecule has 0 fully saturated rings. The van der Waals surface area contributed by atoms with Gasteiger partial charge in [0, 0.05) is 5.56 Å². The van der Waals surface area contributed by atoms with Gasteiger partial charge in [0.15, 0.2) is 10.1 Å². The van der Waals surface area contributed by atoms with E-state index < -0.39 is 16.1 Å². The van der Waals surface area contributed by atoms with Crippen LogP contribution >= 0.6 is 15.9 Å². The predicted molar refractivity (Wildman–Crippen MR) is 66.9 cm³/mol. The molecule has 0 aromatic heterocycles. The molecule has 0 heterocycles. The third kappa shape index (κ3) is 2.66. The molecule has 0 aliphatic heterocycles. The van der Waals surface area contributed by atoms with Crippen LogP contribution in [0.1, 0.15) is 23.7 Å². The lowest BCUT2D eigenvalue weighted by molar-refractivity contribution is -0.138. The van der Waals surface area contributed by atoms with Crippen LogP contribution in [0, 0.1) is 0 Å². The molecule has 0 amide bonds. The summed E-state index contributed by atoms with van der Waals surface area (Å²) in [5, 5.41) is 9.07. The summed E-state index contributed by atoms with van der Waals surface area (Å²) in [6.07, 6.45) is 0.174. The number of alkyl halides is 1. The van der Waals surface area contributed by atoms with Crippen LogP contribution in [-0.2, 0) is 4.79 Å².